The van der Waals surface area contributed by atoms with Gasteiger partial charge < -0.3 is 14.4 Å². The Hall–Kier alpha value is 2.63. The van der Waals surface area contributed by atoms with E-state index >= 15 is 0 Å². The van der Waals surface area contributed by atoms with Gasteiger partial charge in [0.25, 0.3) is 0 Å². The van der Waals surface area contributed by atoms with Crippen LogP contribution in [0, 0.1) is 0 Å². The summed E-state index contributed by atoms with van der Waals surface area (Å²) in [6.07, 6.45) is 0. The van der Waals surface area contributed by atoms with Crippen molar-refractivity contribution < 1.29 is 73.5 Å². The van der Waals surface area contributed by atoms with Crippen molar-refractivity contribution in [1.29, 1.82) is 0 Å². The van der Waals surface area contributed by atoms with Crippen molar-refractivity contribution in [2.45, 2.75) is 6.92 Å². The van der Waals surface area contributed by atoms with Gasteiger partial charge in [0.15, 0.2) is 0 Å². The van der Waals surface area contributed by atoms with E-state index in [-0.39, 0.29) is 59.1 Å². The smallest absolute Gasteiger partial charge is 0.813 e. The van der Waals surface area contributed by atoms with Crippen LogP contribution in [0.3, 0.4) is 0 Å². The molecule has 0 aromatic heterocycles. The molecular weight excluding hydrogens is 229 g/mol. The molecule has 9 heavy (non-hydrogen) atoms. The van der Waals surface area contributed by atoms with Crippen LogP contribution in [0.2, 0.25) is 0 Å². The minimum Gasteiger partial charge on any atom is -0.813 e. The van der Waals surface area contributed by atoms with Crippen LogP contribution in [-0.2, 0) is 4.57 Å². The zero-order valence-corrected chi connectivity index (χ0v) is 12.4. The van der Waals surface area contributed by atoms with Gasteiger partial charge in [0, 0.05) is 5.33 Å². The van der Waals surface area contributed by atoms with Crippen molar-refractivity contribution in [3.8, 4) is 0 Å². The molecule has 0 amide bonds. The number of hydrogen-bond acceptors (Lipinski definition) is 3. The van der Waals surface area contributed by atoms with Crippen molar-refractivity contribution in [2.75, 3.05) is 5.33 Å². The number of halogens is 1. The predicted molar refractivity (Wildman–Crippen MR) is 28.5 cm³/mol. The second kappa shape index (κ2) is 22.4. The molecule has 0 aliphatic carbocycles. The molecule has 0 N–H and O–H groups in total. The van der Waals surface area contributed by atoms with Gasteiger partial charge >= 0.3 is 59.1 Å². The molecule has 0 unspecified atom stereocenters. The molecule has 46 valence electrons. The van der Waals surface area contributed by atoms with Crippen molar-refractivity contribution in [1.82, 2.24) is 0 Å². The maximum Gasteiger partial charge on any atom is 1.00 e. The quantitative estimate of drug-likeness (QED) is 0.238. The maximum atomic E-state index is 8.52. The van der Waals surface area contributed by atoms with Crippen LogP contribution in [0.1, 0.15) is 6.92 Å². The largest absolute Gasteiger partial charge is 1.00 e. The summed E-state index contributed by atoms with van der Waals surface area (Å²) >= 11 is 3.15. The Bertz CT molecular complexity index is 51.1. The van der Waals surface area contributed by atoms with Gasteiger partial charge in [0.1, 0.15) is 0 Å². The summed E-state index contributed by atoms with van der Waals surface area (Å²) in [5.74, 6) is 0. The van der Waals surface area contributed by atoms with E-state index in [1.807, 2.05) is 6.92 Å². The number of rotatable bonds is 0. The molecule has 0 fully saturated rings. The Morgan fingerprint density at radius 3 is 1.44 bits per heavy atom. The zero-order chi connectivity index (χ0) is 6.28. The first kappa shape index (κ1) is 22.6. The van der Waals surface area contributed by atoms with E-state index in [4.69, 9.17) is 14.4 Å². The van der Waals surface area contributed by atoms with E-state index in [0.29, 0.717) is 0 Å². The minimum atomic E-state index is -3.63. The van der Waals surface area contributed by atoms with Crippen LogP contribution in [-0.4, -0.2) is 5.33 Å². The van der Waals surface area contributed by atoms with Gasteiger partial charge in [-0.15, -0.1) is 0 Å². The van der Waals surface area contributed by atoms with Crippen LogP contribution in [0.25, 0.3) is 0 Å². The fourth-order valence-electron chi connectivity index (χ4n) is 0. The molecule has 7 heteroatoms. The Morgan fingerprint density at radius 1 is 1.44 bits per heavy atom. The van der Waals surface area contributed by atoms with E-state index in [1.54, 1.807) is 0 Å². The zero-order valence-electron chi connectivity index (χ0n) is 5.81. The second-order valence-corrected chi connectivity index (χ2v) is 2.14. The third-order valence-corrected chi connectivity index (χ3v) is 0. The number of alkyl halides is 1. The van der Waals surface area contributed by atoms with Gasteiger partial charge in [0.2, 0.25) is 0 Å². The molecule has 0 radical (unpaired) electrons. The molecule has 0 saturated heterocycles. The number of hydrogen-bond donors (Lipinski definition) is 0. The summed E-state index contributed by atoms with van der Waals surface area (Å²) in [4.78, 5) is 17.0. The van der Waals surface area contributed by atoms with Crippen LogP contribution in [0.4, 0.5) is 0 Å². The van der Waals surface area contributed by atoms with E-state index in [0.717, 1.165) is 5.33 Å². The molecule has 0 spiro atoms. The van der Waals surface area contributed by atoms with Crippen molar-refractivity contribution in [3.63, 3.8) is 0 Å². The van der Waals surface area contributed by atoms with Crippen LogP contribution < -0.4 is 68.9 Å². The minimum absolute atomic E-state index is 0. The first-order valence-electron chi connectivity index (χ1n) is 1.59. The summed E-state index contributed by atoms with van der Waals surface area (Å²) < 4.78 is 8.52. The van der Waals surface area contributed by atoms with E-state index in [2.05, 4.69) is 15.9 Å². The molecule has 0 aliphatic rings. The standard InChI is InChI=1S/C2H5Br.2Na.H3O3P/c1-2-3;;;1-4(2)3/h2H2,1H3;;;4H,(H2,1,2,3)/q;2*+1;/p-2. The summed E-state index contributed by atoms with van der Waals surface area (Å²) in [5, 5.41) is 1.06. The van der Waals surface area contributed by atoms with Gasteiger partial charge in [-0.2, -0.15) is 0 Å². The van der Waals surface area contributed by atoms with Crippen LogP contribution in [0.5, 0.6) is 0 Å². The molecule has 0 bridgehead atoms. The van der Waals surface area contributed by atoms with Crippen molar-refractivity contribution >= 4 is 24.2 Å². The third kappa shape index (κ3) is 114. The molecule has 0 aliphatic heterocycles. The Morgan fingerprint density at radius 2 is 1.44 bits per heavy atom. The molecule has 0 aromatic carbocycles. The van der Waals surface area contributed by atoms with Gasteiger partial charge in [-0.1, -0.05) is 31.1 Å². The first-order chi connectivity index (χ1) is 3.15. The predicted octanol–water partition coefficient (Wildman–Crippen LogP) is -6.49. The molecule has 0 rings (SSSR count). The Kier molecular flexibility index (Phi) is 56.2. The summed E-state index contributed by atoms with van der Waals surface area (Å²) in [7, 11) is -3.63. The van der Waals surface area contributed by atoms with Crippen molar-refractivity contribution in [3.05, 3.63) is 0 Å². The Labute approximate surface area is 108 Å². The second-order valence-electron chi connectivity index (χ2n) is 0.517. The third-order valence-electron chi connectivity index (χ3n) is 0. The monoisotopic (exact) mass is 234 g/mol. The first-order valence-corrected chi connectivity index (χ1v) is 3.93. The van der Waals surface area contributed by atoms with E-state index < -0.39 is 8.25 Å². The summed E-state index contributed by atoms with van der Waals surface area (Å²) in [5.41, 5.74) is 0. The molecule has 3 nitrogen and oxygen atoms in total. The van der Waals surface area contributed by atoms with E-state index in [1.165, 1.54) is 0 Å². The molecule has 0 aromatic rings. The maximum absolute atomic E-state index is 8.52. The van der Waals surface area contributed by atoms with Gasteiger partial charge in [-0.05, 0) is 0 Å². The van der Waals surface area contributed by atoms with Crippen LogP contribution in [0.15, 0.2) is 0 Å². The van der Waals surface area contributed by atoms with Crippen molar-refractivity contribution in [2.24, 2.45) is 0 Å². The fraction of sp³-hybridized carbons (Fsp3) is 1.00. The van der Waals surface area contributed by atoms with Crippen LogP contribution >= 0.6 is 24.2 Å². The Balaban J connectivity index is -0.0000000233. The summed E-state index contributed by atoms with van der Waals surface area (Å²) in [6, 6.07) is 0. The molecule has 0 atom stereocenters. The average Bonchev–Trinajstić information content (AvgIpc) is 1.33. The fourth-order valence-corrected chi connectivity index (χ4v) is 0. The van der Waals surface area contributed by atoms with Gasteiger partial charge in [-0.25, -0.2) is 0 Å². The topological polar surface area (TPSA) is 63.2 Å². The molecule has 0 saturated carbocycles. The van der Waals surface area contributed by atoms with Gasteiger partial charge in [-0.3, -0.25) is 0 Å². The van der Waals surface area contributed by atoms with Gasteiger partial charge in [0.05, 0.1) is 0 Å². The normalized spacial score (nSPS) is 5.89. The average molecular weight is 235 g/mol. The van der Waals surface area contributed by atoms with E-state index in [9.17, 15) is 0 Å². The SMILES string of the molecule is CCBr.O=[PH]([O-])[O-].[Na+].[Na+]. The molecular formula is C2H6BrNa2O3P. The molecule has 0 heterocycles. The summed E-state index contributed by atoms with van der Waals surface area (Å²) in [6.45, 7) is 2.04.